The molecule has 0 bridgehead atoms. The molecule has 1 aliphatic heterocycles. The highest BCUT2D eigenvalue weighted by Crippen LogP contribution is 2.30. The number of aromatic nitrogens is 2. The van der Waals surface area contributed by atoms with Crippen LogP contribution >= 0.6 is 0 Å². The molecule has 2 heterocycles. The summed E-state index contributed by atoms with van der Waals surface area (Å²) in [5, 5.41) is 5.34. The molecule has 0 saturated carbocycles. The zero-order valence-electron chi connectivity index (χ0n) is 17.3. The summed E-state index contributed by atoms with van der Waals surface area (Å²) in [6, 6.07) is 11.4. The van der Waals surface area contributed by atoms with Crippen LogP contribution in [0.4, 0.5) is 10.1 Å². The predicted molar refractivity (Wildman–Crippen MR) is 117 cm³/mol. The Labute approximate surface area is 178 Å². The van der Waals surface area contributed by atoms with Crippen LogP contribution in [0.3, 0.4) is 0 Å². The Balaban J connectivity index is 1.60. The summed E-state index contributed by atoms with van der Waals surface area (Å²) in [7, 11) is 1.51. The van der Waals surface area contributed by atoms with Crippen molar-refractivity contribution in [2.75, 3.05) is 38.2 Å². The topological polar surface area (TPSA) is 67.7 Å². The minimum atomic E-state index is -0.359. The van der Waals surface area contributed by atoms with E-state index in [9.17, 15) is 14.0 Å². The standard InChI is InChI=1S/C23H23FN4O3/c1-3-10-28-22(29)18-7-5-4-6-17(18)21(25-28)23(30)27-13-11-26(12-14-27)19-9-8-16(24)15-20(19)31-2/h3-9,15H,1,10-14H2,2H3. The van der Waals surface area contributed by atoms with Crippen LogP contribution in [0.5, 0.6) is 5.75 Å². The molecular formula is C23H23FN4O3. The summed E-state index contributed by atoms with van der Waals surface area (Å²) in [4.78, 5) is 29.7. The third kappa shape index (κ3) is 3.88. The van der Waals surface area contributed by atoms with Crippen LogP contribution in [-0.2, 0) is 6.54 Å². The van der Waals surface area contributed by atoms with Gasteiger partial charge in [-0.1, -0.05) is 24.3 Å². The first-order valence-corrected chi connectivity index (χ1v) is 10.0. The molecule has 31 heavy (non-hydrogen) atoms. The first-order valence-electron chi connectivity index (χ1n) is 10.0. The lowest BCUT2D eigenvalue weighted by Gasteiger charge is -2.36. The zero-order valence-corrected chi connectivity index (χ0v) is 17.3. The molecule has 1 fully saturated rings. The molecule has 3 aromatic rings. The molecule has 0 aliphatic carbocycles. The fourth-order valence-electron chi connectivity index (χ4n) is 3.85. The van der Waals surface area contributed by atoms with Crippen molar-refractivity contribution in [3.8, 4) is 5.75 Å². The molecule has 8 heteroatoms. The number of carbonyl (C=O) groups excluding carboxylic acids is 1. The van der Waals surface area contributed by atoms with Crippen molar-refractivity contribution < 1.29 is 13.9 Å². The van der Waals surface area contributed by atoms with Gasteiger partial charge >= 0.3 is 0 Å². The monoisotopic (exact) mass is 422 g/mol. The molecule has 1 aliphatic rings. The van der Waals surface area contributed by atoms with Gasteiger partial charge in [0.15, 0.2) is 5.69 Å². The number of benzene rings is 2. The van der Waals surface area contributed by atoms with E-state index in [1.807, 2.05) is 0 Å². The molecule has 160 valence electrons. The fourth-order valence-corrected chi connectivity index (χ4v) is 3.85. The maximum atomic E-state index is 13.5. The van der Waals surface area contributed by atoms with Crippen molar-refractivity contribution in [2.24, 2.45) is 0 Å². The number of allylic oxidation sites excluding steroid dienone is 1. The Morgan fingerprint density at radius 2 is 1.87 bits per heavy atom. The quantitative estimate of drug-likeness (QED) is 0.592. The molecule has 0 unspecified atom stereocenters. The molecule has 0 spiro atoms. The predicted octanol–water partition coefficient (Wildman–Crippen LogP) is 2.69. The van der Waals surface area contributed by atoms with Gasteiger partial charge in [0.25, 0.3) is 11.5 Å². The second kappa shape index (κ2) is 8.59. The number of piperazine rings is 1. The van der Waals surface area contributed by atoms with E-state index in [-0.39, 0.29) is 29.5 Å². The first kappa shape index (κ1) is 20.6. The summed E-state index contributed by atoms with van der Waals surface area (Å²) in [5.41, 5.74) is 0.796. The maximum Gasteiger partial charge on any atom is 0.275 e. The van der Waals surface area contributed by atoms with E-state index in [4.69, 9.17) is 4.74 Å². The number of anilines is 1. The van der Waals surface area contributed by atoms with E-state index < -0.39 is 0 Å². The van der Waals surface area contributed by atoms with Gasteiger partial charge in [-0.2, -0.15) is 5.10 Å². The van der Waals surface area contributed by atoms with Crippen LogP contribution < -0.4 is 15.2 Å². The minimum Gasteiger partial charge on any atom is -0.494 e. The van der Waals surface area contributed by atoms with Crippen LogP contribution in [0.2, 0.25) is 0 Å². The summed E-state index contributed by atoms with van der Waals surface area (Å²) in [6.07, 6.45) is 1.58. The largest absolute Gasteiger partial charge is 0.494 e. The van der Waals surface area contributed by atoms with E-state index in [0.717, 1.165) is 5.69 Å². The number of amides is 1. The Bertz CT molecular complexity index is 1200. The Kier molecular flexibility index (Phi) is 5.70. The molecule has 0 N–H and O–H groups in total. The number of hydrogen-bond donors (Lipinski definition) is 0. The normalized spacial score (nSPS) is 14.0. The SMILES string of the molecule is C=CCn1nc(C(=O)N2CCN(c3ccc(F)cc3OC)CC2)c2ccccc2c1=O. The van der Waals surface area contributed by atoms with Crippen molar-refractivity contribution in [2.45, 2.75) is 6.54 Å². The van der Waals surface area contributed by atoms with Gasteiger partial charge in [-0.05, 0) is 18.2 Å². The molecule has 1 aromatic heterocycles. The number of ether oxygens (including phenoxy) is 1. The minimum absolute atomic E-state index is 0.222. The molecular weight excluding hydrogens is 399 g/mol. The molecule has 1 amide bonds. The number of hydrogen-bond acceptors (Lipinski definition) is 5. The number of halogens is 1. The van der Waals surface area contributed by atoms with E-state index in [0.29, 0.717) is 42.7 Å². The highest BCUT2D eigenvalue weighted by Gasteiger charge is 2.27. The van der Waals surface area contributed by atoms with Crippen LogP contribution in [0.25, 0.3) is 10.8 Å². The number of carbonyl (C=O) groups is 1. The lowest BCUT2D eigenvalue weighted by atomic mass is 10.1. The molecule has 1 saturated heterocycles. The van der Waals surface area contributed by atoms with Gasteiger partial charge < -0.3 is 14.5 Å². The third-order valence-electron chi connectivity index (χ3n) is 5.42. The lowest BCUT2D eigenvalue weighted by Crippen LogP contribution is -2.49. The summed E-state index contributed by atoms with van der Waals surface area (Å²) < 4.78 is 20.1. The lowest BCUT2D eigenvalue weighted by molar-refractivity contribution is 0.0740. The molecule has 0 atom stereocenters. The van der Waals surface area contributed by atoms with Crippen molar-refractivity contribution in [1.82, 2.24) is 14.7 Å². The highest BCUT2D eigenvalue weighted by molar-refractivity contribution is 6.04. The molecule has 4 rings (SSSR count). The van der Waals surface area contributed by atoms with Crippen molar-refractivity contribution in [3.05, 3.63) is 77.0 Å². The summed E-state index contributed by atoms with van der Waals surface area (Å²) in [5.74, 6) is -0.120. The number of fused-ring (bicyclic) bond motifs is 1. The highest BCUT2D eigenvalue weighted by atomic mass is 19.1. The van der Waals surface area contributed by atoms with Crippen LogP contribution in [-0.4, -0.2) is 53.9 Å². The van der Waals surface area contributed by atoms with E-state index in [1.54, 1.807) is 41.3 Å². The zero-order chi connectivity index (χ0) is 22.0. The van der Waals surface area contributed by atoms with Crippen LogP contribution in [0, 0.1) is 5.82 Å². The van der Waals surface area contributed by atoms with E-state index in [1.165, 1.54) is 23.9 Å². The van der Waals surface area contributed by atoms with Gasteiger partial charge in [-0.25, -0.2) is 9.07 Å². The van der Waals surface area contributed by atoms with Gasteiger partial charge in [0, 0.05) is 37.6 Å². The number of rotatable bonds is 5. The van der Waals surface area contributed by atoms with E-state index in [2.05, 4.69) is 16.6 Å². The van der Waals surface area contributed by atoms with Gasteiger partial charge in [-0.15, -0.1) is 6.58 Å². The fraction of sp³-hybridized carbons (Fsp3) is 0.261. The van der Waals surface area contributed by atoms with Gasteiger partial charge in [0.2, 0.25) is 0 Å². The Hall–Kier alpha value is -3.68. The summed E-state index contributed by atoms with van der Waals surface area (Å²) >= 11 is 0. The second-order valence-electron chi connectivity index (χ2n) is 7.27. The van der Waals surface area contributed by atoms with Crippen LogP contribution in [0.1, 0.15) is 10.5 Å². The Morgan fingerprint density at radius 1 is 1.16 bits per heavy atom. The van der Waals surface area contributed by atoms with Crippen molar-refractivity contribution in [3.63, 3.8) is 0 Å². The molecule has 2 aromatic carbocycles. The smallest absolute Gasteiger partial charge is 0.275 e. The Morgan fingerprint density at radius 3 is 2.55 bits per heavy atom. The third-order valence-corrected chi connectivity index (χ3v) is 5.42. The van der Waals surface area contributed by atoms with Crippen LogP contribution in [0.15, 0.2) is 59.9 Å². The maximum absolute atomic E-state index is 13.5. The average Bonchev–Trinajstić information content (AvgIpc) is 2.80. The average molecular weight is 422 g/mol. The molecule has 0 radical (unpaired) electrons. The van der Waals surface area contributed by atoms with Gasteiger partial charge in [0.1, 0.15) is 11.6 Å². The van der Waals surface area contributed by atoms with Crippen molar-refractivity contribution >= 4 is 22.4 Å². The van der Waals surface area contributed by atoms with Gasteiger partial charge in [-0.3, -0.25) is 9.59 Å². The molecule has 7 nitrogen and oxygen atoms in total. The first-order chi connectivity index (χ1) is 15.0. The number of methoxy groups -OCH3 is 1. The van der Waals surface area contributed by atoms with E-state index >= 15 is 0 Å². The number of nitrogens with zero attached hydrogens (tertiary/aromatic N) is 4. The summed E-state index contributed by atoms with van der Waals surface area (Å²) in [6.45, 7) is 5.96. The van der Waals surface area contributed by atoms with Gasteiger partial charge in [0.05, 0.1) is 24.7 Å². The van der Waals surface area contributed by atoms with Crippen molar-refractivity contribution in [1.29, 1.82) is 0 Å². The second-order valence-corrected chi connectivity index (χ2v) is 7.27.